The highest BCUT2D eigenvalue weighted by Crippen LogP contribution is 2.62. The van der Waals surface area contributed by atoms with Gasteiger partial charge >= 0.3 is 5.97 Å². The third-order valence-electron chi connectivity index (χ3n) is 8.78. The molecule has 7 nitrogen and oxygen atoms in total. The van der Waals surface area contributed by atoms with Crippen molar-refractivity contribution in [2.75, 3.05) is 10.6 Å². The van der Waals surface area contributed by atoms with Crippen LogP contribution in [0.3, 0.4) is 0 Å². The average Bonchev–Trinajstić information content (AvgIpc) is 3.39. The largest absolute Gasteiger partial charge is 0.478 e. The second-order valence-electron chi connectivity index (χ2n) is 10.8. The molecule has 3 aliphatic rings. The molecule has 212 valence electrons. The molecule has 0 aromatic heterocycles. The molecule has 2 spiro atoms. The Kier molecular flexibility index (Phi) is 6.79. The van der Waals surface area contributed by atoms with E-state index in [1.54, 1.807) is 24.3 Å². The Morgan fingerprint density at radius 3 is 2.46 bits per heavy atom. The van der Waals surface area contributed by atoms with Crippen molar-refractivity contribution in [1.82, 2.24) is 5.32 Å². The van der Waals surface area contributed by atoms with E-state index in [0.29, 0.717) is 29.1 Å². The van der Waals surface area contributed by atoms with Gasteiger partial charge in [0.15, 0.2) is 0 Å². The second-order valence-corrected chi connectivity index (χ2v) is 11.7. The number of halogens is 4. The van der Waals surface area contributed by atoms with Gasteiger partial charge in [-0.15, -0.1) is 0 Å². The van der Waals surface area contributed by atoms with Gasteiger partial charge in [0.05, 0.1) is 22.3 Å². The lowest BCUT2D eigenvalue weighted by Crippen LogP contribution is -2.60. The van der Waals surface area contributed by atoms with Gasteiger partial charge in [0.2, 0.25) is 11.8 Å². The molecule has 1 unspecified atom stereocenters. The van der Waals surface area contributed by atoms with Crippen molar-refractivity contribution in [3.05, 3.63) is 93.0 Å². The van der Waals surface area contributed by atoms with Crippen LogP contribution in [0.1, 0.15) is 59.5 Å². The molecule has 2 aliphatic heterocycles. The van der Waals surface area contributed by atoms with Crippen LogP contribution in [0.2, 0.25) is 10.0 Å². The minimum absolute atomic E-state index is 0.0762. The summed E-state index contributed by atoms with van der Waals surface area (Å²) in [6.07, 6.45) is 3.55. The van der Waals surface area contributed by atoms with Gasteiger partial charge < -0.3 is 15.7 Å². The maximum Gasteiger partial charge on any atom is 0.335 e. The zero-order chi connectivity index (χ0) is 29.1. The highest BCUT2D eigenvalue weighted by atomic mass is 35.5. The number of rotatable bonds is 4. The average molecular weight is 600 g/mol. The molecule has 3 aromatic carbocycles. The number of nitrogens with one attached hydrogen (secondary N) is 3. The Balaban J connectivity index is 1.55. The predicted molar refractivity (Wildman–Crippen MR) is 151 cm³/mol. The van der Waals surface area contributed by atoms with Crippen molar-refractivity contribution in [2.45, 2.75) is 55.0 Å². The van der Waals surface area contributed by atoms with Gasteiger partial charge in [-0.25, -0.2) is 13.6 Å². The Bertz CT molecular complexity index is 1610. The molecule has 4 N–H and O–H groups in total. The Labute approximate surface area is 244 Å². The first kappa shape index (κ1) is 27.6. The van der Waals surface area contributed by atoms with Crippen LogP contribution in [-0.2, 0) is 15.0 Å². The molecule has 2 amide bonds. The van der Waals surface area contributed by atoms with Crippen LogP contribution in [0.25, 0.3) is 0 Å². The molecular weight excluding hydrogens is 575 g/mol. The molecule has 41 heavy (non-hydrogen) atoms. The van der Waals surface area contributed by atoms with Gasteiger partial charge in [-0.1, -0.05) is 60.7 Å². The maximum absolute atomic E-state index is 15.9. The van der Waals surface area contributed by atoms with Crippen molar-refractivity contribution in [3.8, 4) is 0 Å². The summed E-state index contributed by atoms with van der Waals surface area (Å²) in [5, 5.41) is 18.4. The zero-order valence-corrected chi connectivity index (χ0v) is 23.1. The predicted octanol–water partition coefficient (Wildman–Crippen LogP) is 6.26. The second kappa shape index (κ2) is 10.1. The van der Waals surface area contributed by atoms with E-state index in [-0.39, 0.29) is 27.7 Å². The number of anilines is 2. The Hall–Kier alpha value is -3.53. The normalized spacial score (nSPS) is 24.3. The van der Waals surface area contributed by atoms with Crippen molar-refractivity contribution in [3.63, 3.8) is 0 Å². The third-order valence-corrected chi connectivity index (χ3v) is 9.31. The Morgan fingerprint density at radius 2 is 1.76 bits per heavy atom. The van der Waals surface area contributed by atoms with Crippen LogP contribution in [0.4, 0.5) is 20.2 Å². The number of carbonyl (C=O) groups excluding carboxylic acids is 2. The fraction of sp³-hybridized carbons (Fsp3) is 0.300. The number of aromatic carboxylic acids is 1. The SMILES string of the molecule is O=C(O)c1ccc(NC(=O)[C@@H]2NC3(CCCCC3)C3(C(=O)Nc4cc(Cl)ccc43)[C@H]2c2cccc(Cl)c2F)c(F)c1. The number of fused-ring (bicyclic) bond motifs is 3. The van der Waals surface area contributed by atoms with E-state index in [9.17, 15) is 23.9 Å². The maximum atomic E-state index is 15.9. The van der Waals surface area contributed by atoms with E-state index in [2.05, 4.69) is 16.0 Å². The number of hydrogen-bond acceptors (Lipinski definition) is 4. The van der Waals surface area contributed by atoms with E-state index < -0.39 is 46.4 Å². The first-order valence-electron chi connectivity index (χ1n) is 13.3. The molecule has 0 bridgehead atoms. The minimum Gasteiger partial charge on any atom is -0.478 e. The highest BCUT2D eigenvalue weighted by Gasteiger charge is 2.72. The summed E-state index contributed by atoms with van der Waals surface area (Å²) < 4.78 is 30.8. The quantitative estimate of drug-likeness (QED) is 0.283. The topological polar surface area (TPSA) is 108 Å². The van der Waals surface area contributed by atoms with E-state index >= 15 is 4.39 Å². The van der Waals surface area contributed by atoms with Crippen LogP contribution in [0.5, 0.6) is 0 Å². The van der Waals surface area contributed by atoms with Crippen molar-refractivity contribution < 1.29 is 28.3 Å². The first-order valence-corrected chi connectivity index (χ1v) is 14.0. The fourth-order valence-corrected chi connectivity index (χ4v) is 7.53. The number of amides is 2. The van der Waals surface area contributed by atoms with Crippen LogP contribution in [0.15, 0.2) is 54.6 Å². The van der Waals surface area contributed by atoms with E-state index in [4.69, 9.17) is 23.2 Å². The number of hydrogen-bond donors (Lipinski definition) is 4. The smallest absolute Gasteiger partial charge is 0.335 e. The molecule has 11 heteroatoms. The summed E-state index contributed by atoms with van der Waals surface area (Å²) in [6, 6.07) is 11.5. The lowest BCUT2D eigenvalue weighted by molar-refractivity contribution is -0.124. The molecule has 0 radical (unpaired) electrons. The molecule has 6 rings (SSSR count). The number of carboxylic acids is 1. The van der Waals surface area contributed by atoms with Gasteiger partial charge in [-0.2, -0.15) is 0 Å². The van der Waals surface area contributed by atoms with Crippen LogP contribution in [-0.4, -0.2) is 34.5 Å². The number of benzene rings is 3. The van der Waals surface area contributed by atoms with Gasteiger partial charge in [0.25, 0.3) is 0 Å². The zero-order valence-electron chi connectivity index (χ0n) is 21.6. The van der Waals surface area contributed by atoms with E-state index in [0.717, 1.165) is 31.4 Å². The van der Waals surface area contributed by atoms with Crippen molar-refractivity contribution in [2.24, 2.45) is 0 Å². The monoisotopic (exact) mass is 599 g/mol. The number of carboxylic acid groups (broad SMARTS) is 1. The third kappa shape index (κ3) is 4.13. The standard InChI is InChI=1S/C30H25Cl2F2N3O4/c31-16-8-9-18-22(14-16)36-28(41)30(18)23(17-5-4-6-19(32)24(17)34)25(37-29(30)11-2-1-3-12-29)26(38)35-21-10-7-15(27(39)40)13-20(21)33/h4-10,13-14,23,25,37H,1-3,11-12H2,(H,35,38)(H,36,41)(H,39,40)/t23-,25+,30?/m0/s1. The molecule has 3 aromatic rings. The lowest BCUT2D eigenvalue weighted by Gasteiger charge is -2.47. The van der Waals surface area contributed by atoms with Gasteiger partial charge in [0.1, 0.15) is 17.0 Å². The summed E-state index contributed by atoms with van der Waals surface area (Å²) in [5.41, 5.74) is -1.73. The summed E-state index contributed by atoms with van der Waals surface area (Å²) >= 11 is 12.5. The number of carbonyl (C=O) groups is 3. The van der Waals surface area contributed by atoms with Crippen molar-refractivity contribution >= 4 is 52.4 Å². The molecule has 3 atom stereocenters. The molecular formula is C30H25Cl2F2N3O4. The van der Waals surface area contributed by atoms with Gasteiger partial charge in [-0.05, 0) is 60.4 Å². The van der Waals surface area contributed by atoms with Crippen molar-refractivity contribution in [1.29, 1.82) is 0 Å². The van der Waals surface area contributed by atoms with Gasteiger partial charge in [-0.3, -0.25) is 14.9 Å². The first-order chi connectivity index (χ1) is 19.6. The molecule has 1 aliphatic carbocycles. The Morgan fingerprint density at radius 1 is 1.00 bits per heavy atom. The lowest BCUT2D eigenvalue weighted by atomic mass is 9.55. The van der Waals surface area contributed by atoms with Crippen LogP contribution in [0, 0.1) is 11.6 Å². The highest BCUT2D eigenvalue weighted by molar-refractivity contribution is 6.31. The minimum atomic E-state index is -1.42. The van der Waals surface area contributed by atoms with Crippen LogP contribution >= 0.6 is 23.2 Å². The summed E-state index contributed by atoms with van der Waals surface area (Å²) in [4.78, 5) is 39.6. The van der Waals surface area contributed by atoms with Crippen LogP contribution < -0.4 is 16.0 Å². The summed E-state index contributed by atoms with van der Waals surface area (Å²) in [7, 11) is 0. The fourth-order valence-electron chi connectivity index (χ4n) is 7.18. The van der Waals surface area contributed by atoms with E-state index in [1.165, 1.54) is 18.2 Å². The molecule has 2 fully saturated rings. The van der Waals surface area contributed by atoms with E-state index in [1.807, 2.05) is 0 Å². The summed E-state index contributed by atoms with van der Waals surface area (Å²) in [6.45, 7) is 0. The molecule has 1 saturated heterocycles. The molecule has 1 saturated carbocycles. The van der Waals surface area contributed by atoms with Gasteiger partial charge in [0, 0.05) is 22.2 Å². The molecule has 2 heterocycles. The summed E-state index contributed by atoms with van der Waals surface area (Å²) in [5.74, 6) is -5.18.